The number of phenols is 4. The van der Waals surface area contributed by atoms with Gasteiger partial charge >= 0.3 is 0 Å². The van der Waals surface area contributed by atoms with Gasteiger partial charge in [-0.3, -0.25) is 14.6 Å². The van der Waals surface area contributed by atoms with E-state index in [1.807, 2.05) is 56.3 Å². The van der Waals surface area contributed by atoms with Crippen LogP contribution in [0, 0.1) is 0 Å². The van der Waals surface area contributed by atoms with E-state index >= 15 is 0 Å². The standard InChI is InChI=1S/C16H13ClN2O.C15H14O6.C14H22N2O3/c1-19-14-8-7-12(17)9-13(14)16(18-10-15(19)20)11-5-3-2-4-6-11;16-8-4-11(18)9-6-13(20)15(21-14(9)5-8)7-1-2-10(17)12(19)3-7;1-10(2)16-8-12(17)9-19-13-5-3-11(4-6-13)7-14(15)18/h2-9H,10H2,1H3;1-5,13,15-20H,6H2;3-6,10,12,16-17H,7-9H2,1-2H3,(H2,15,18)/t;13-,15+;/m.0./s1. The molecule has 14 nitrogen and oxygen atoms in total. The molecule has 3 atom stereocenters. The predicted octanol–water partition coefficient (Wildman–Crippen LogP) is 5.15. The zero-order valence-corrected chi connectivity index (χ0v) is 34.1. The van der Waals surface area contributed by atoms with Gasteiger partial charge in [-0.05, 0) is 53.6 Å². The summed E-state index contributed by atoms with van der Waals surface area (Å²) in [5.74, 6) is -0.311. The van der Waals surface area contributed by atoms with Crippen LogP contribution in [0.1, 0.15) is 47.8 Å². The highest BCUT2D eigenvalue weighted by Crippen LogP contribution is 2.42. The SMILES string of the molecule is CC(C)NCC(O)COc1ccc(CC(N)=O)cc1.CN1C(=O)CN=C(c2ccccc2)c2cc(Cl)ccc21.Oc1cc(O)c2c(c1)O[C@H](c1ccc(O)c(O)c1)[C@@H](O)C2. The molecule has 0 radical (unpaired) electrons. The average molecular weight is 841 g/mol. The Bertz CT molecular complexity index is 2290. The van der Waals surface area contributed by atoms with Crippen molar-refractivity contribution >= 4 is 34.8 Å². The third-order valence-electron chi connectivity index (χ3n) is 9.39. The number of nitrogens with one attached hydrogen (secondary N) is 1. The quantitative estimate of drug-likeness (QED) is 0.0858. The van der Waals surface area contributed by atoms with E-state index in [0.29, 0.717) is 34.5 Å². The predicted molar refractivity (Wildman–Crippen MR) is 228 cm³/mol. The number of rotatable bonds is 10. The summed E-state index contributed by atoms with van der Waals surface area (Å²) in [5.41, 5.74) is 10.4. The Morgan fingerprint density at radius 3 is 2.33 bits per heavy atom. The minimum Gasteiger partial charge on any atom is -0.508 e. The first-order valence-corrected chi connectivity index (χ1v) is 19.5. The van der Waals surface area contributed by atoms with Crippen molar-refractivity contribution in [3.8, 4) is 34.5 Å². The number of aliphatic hydroxyl groups is 2. The van der Waals surface area contributed by atoms with E-state index in [1.54, 1.807) is 42.3 Å². The number of carbonyl (C=O) groups is 2. The van der Waals surface area contributed by atoms with E-state index in [0.717, 1.165) is 28.1 Å². The van der Waals surface area contributed by atoms with Gasteiger partial charge in [0.25, 0.3) is 0 Å². The second kappa shape index (κ2) is 20.6. The molecule has 316 valence electrons. The van der Waals surface area contributed by atoms with Crippen LogP contribution in [0.4, 0.5) is 5.69 Å². The largest absolute Gasteiger partial charge is 0.508 e. The van der Waals surface area contributed by atoms with Gasteiger partial charge < -0.3 is 56.1 Å². The van der Waals surface area contributed by atoms with Crippen LogP contribution < -0.4 is 25.4 Å². The smallest absolute Gasteiger partial charge is 0.248 e. The number of phenolic OH excluding ortho intramolecular Hbond substituents is 4. The average Bonchev–Trinajstić information content (AvgIpc) is 3.33. The fourth-order valence-corrected chi connectivity index (χ4v) is 6.47. The molecule has 15 heteroatoms. The number of benzodiazepines with no additional fused rings is 1. The van der Waals surface area contributed by atoms with Crippen LogP contribution in [0.25, 0.3) is 0 Å². The number of aliphatic imine (C=N–C) groups is 1. The Labute approximate surface area is 352 Å². The third kappa shape index (κ3) is 12.1. The molecule has 2 heterocycles. The second-order valence-corrected chi connectivity index (χ2v) is 14.9. The Morgan fingerprint density at radius 2 is 1.67 bits per heavy atom. The summed E-state index contributed by atoms with van der Waals surface area (Å²) >= 11 is 6.11. The molecule has 0 fully saturated rings. The highest BCUT2D eigenvalue weighted by molar-refractivity contribution is 6.32. The van der Waals surface area contributed by atoms with Crippen molar-refractivity contribution in [3.63, 3.8) is 0 Å². The number of carbonyl (C=O) groups excluding carboxylic acids is 2. The van der Waals surface area contributed by atoms with Crippen molar-refractivity contribution in [2.24, 2.45) is 10.7 Å². The van der Waals surface area contributed by atoms with Gasteiger partial charge in [-0.2, -0.15) is 0 Å². The third-order valence-corrected chi connectivity index (χ3v) is 9.62. The van der Waals surface area contributed by atoms with Gasteiger partial charge in [-0.25, -0.2) is 0 Å². The van der Waals surface area contributed by atoms with Gasteiger partial charge in [0.1, 0.15) is 48.4 Å². The molecule has 0 saturated heterocycles. The number of fused-ring (bicyclic) bond motifs is 2. The Kier molecular flexibility index (Phi) is 15.4. The fourth-order valence-electron chi connectivity index (χ4n) is 6.30. The lowest BCUT2D eigenvalue weighted by Crippen LogP contribution is -2.35. The fraction of sp³-hybridized carbons (Fsp3) is 0.267. The molecule has 5 aromatic rings. The molecule has 2 aliphatic heterocycles. The molecule has 9 N–H and O–H groups in total. The summed E-state index contributed by atoms with van der Waals surface area (Å²) < 4.78 is 11.1. The number of anilines is 1. The maximum Gasteiger partial charge on any atom is 0.248 e. The summed E-state index contributed by atoms with van der Waals surface area (Å²) in [4.78, 5) is 28.9. The number of hydrogen-bond acceptors (Lipinski definition) is 12. The number of amides is 2. The van der Waals surface area contributed by atoms with E-state index < -0.39 is 18.3 Å². The molecule has 0 aromatic heterocycles. The summed E-state index contributed by atoms with van der Waals surface area (Å²) in [5, 5.41) is 61.7. The summed E-state index contributed by atoms with van der Waals surface area (Å²) in [6.45, 7) is 4.91. The number of halogens is 1. The number of hydrogen-bond donors (Lipinski definition) is 8. The monoisotopic (exact) mass is 840 g/mol. The molecule has 2 aliphatic rings. The molecule has 60 heavy (non-hydrogen) atoms. The molecular formula is C45H49ClN4O10. The Morgan fingerprint density at radius 1 is 0.950 bits per heavy atom. The van der Waals surface area contributed by atoms with E-state index in [-0.39, 0.29) is 66.6 Å². The van der Waals surface area contributed by atoms with Crippen molar-refractivity contribution in [2.75, 3.05) is 31.6 Å². The Balaban J connectivity index is 0.000000171. The highest BCUT2D eigenvalue weighted by Gasteiger charge is 2.32. The zero-order chi connectivity index (χ0) is 43.5. The number of aromatic hydroxyl groups is 4. The lowest BCUT2D eigenvalue weighted by atomic mass is 9.94. The first-order chi connectivity index (χ1) is 28.6. The van der Waals surface area contributed by atoms with Crippen LogP contribution in [-0.2, 0) is 22.4 Å². The van der Waals surface area contributed by atoms with Gasteiger partial charge in [0.2, 0.25) is 11.8 Å². The number of aliphatic hydroxyl groups excluding tert-OH is 2. The number of primary amides is 1. The summed E-state index contributed by atoms with van der Waals surface area (Å²) in [7, 11) is 1.76. The maximum absolute atomic E-state index is 12.0. The number of ether oxygens (including phenoxy) is 2. The number of nitrogens with zero attached hydrogens (tertiary/aromatic N) is 2. The number of nitrogens with two attached hydrogens (primary N) is 1. The van der Waals surface area contributed by atoms with Gasteiger partial charge in [0.15, 0.2) is 11.5 Å². The zero-order valence-electron chi connectivity index (χ0n) is 33.3. The summed E-state index contributed by atoms with van der Waals surface area (Å²) in [6, 6.07) is 29.5. The van der Waals surface area contributed by atoms with Crippen molar-refractivity contribution < 1.29 is 49.7 Å². The minimum absolute atomic E-state index is 0.0282. The lowest BCUT2D eigenvalue weighted by molar-refractivity contribution is -0.118. The molecular weight excluding hydrogens is 792 g/mol. The lowest BCUT2D eigenvalue weighted by Gasteiger charge is -2.31. The first-order valence-electron chi connectivity index (χ1n) is 19.1. The molecule has 1 unspecified atom stereocenters. The van der Waals surface area contributed by atoms with E-state index in [9.17, 15) is 40.2 Å². The van der Waals surface area contributed by atoms with Crippen LogP contribution in [0.15, 0.2) is 108 Å². The maximum atomic E-state index is 12.0. The van der Waals surface area contributed by atoms with Crippen LogP contribution in [0.5, 0.6) is 34.5 Å². The Hall–Kier alpha value is -6.32. The minimum atomic E-state index is -0.933. The summed E-state index contributed by atoms with van der Waals surface area (Å²) in [6.07, 6.45) is -1.88. The number of likely N-dealkylation sites (N-methyl/N-ethyl adjacent to an activating group) is 1. The van der Waals surface area contributed by atoms with Crippen LogP contribution >= 0.6 is 11.6 Å². The molecule has 7 rings (SSSR count). The molecule has 0 aliphatic carbocycles. The van der Waals surface area contributed by atoms with E-state index in [2.05, 4.69) is 10.3 Å². The van der Waals surface area contributed by atoms with Gasteiger partial charge in [0.05, 0.1) is 23.9 Å². The first kappa shape index (κ1) is 44.8. The van der Waals surface area contributed by atoms with Crippen molar-refractivity contribution in [1.29, 1.82) is 0 Å². The van der Waals surface area contributed by atoms with Crippen LogP contribution in [0.3, 0.4) is 0 Å². The van der Waals surface area contributed by atoms with Gasteiger partial charge in [-0.1, -0.05) is 74.0 Å². The van der Waals surface area contributed by atoms with Crippen molar-refractivity contribution in [2.45, 2.75) is 51.0 Å². The van der Waals surface area contributed by atoms with E-state index in [1.165, 1.54) is 30.3 Å². The highest BCUT2D eigenvalue weighted by atomic mass is 35.5. The molecule has 2 amide bonds. The van der Waals surface area contributed by atoms with Crippen LogP contribution in [-0.4, -0.2) is 93.2 Å². The van der Waals surface area contributed by atoms with E-state index in [4.69, 9.17) is 26.8 Å². The van der Waals surface area contributed by atoms with Gasteiger partial charge in [0, 0.05) is 59.9 Å². The van der Waals surface area contributed by atoms with Crippen molar-refractivity contribution in [3.05, 3.63) is 136 Å². The van der Waals surface area contributed by atoms with Crippen LogP contribution in [0.2, 0.25) is 5.02 Å². The molecule has 0 bridgehead atoms. The second-order valence-electron chi connectivity index (χ2n) is 14.5. The molecule has 0 spiro atoms. The molecule has 5 aromatic carbocycles. The number of benzene rings is 5. The normalized spacial score (nSPS) is 16.0. The molecule has 0 saturated carbocycles. The van der Waals surface area contributed by atoms with Crippen molar-refractivity contribution in [1.82, 2.24) is 5.32 Å². The topological polar surface area (TPSA) is 228 Å². The van der Waals surface area contributed by atoms with Gasteiger partial charge in [-0.15, -0.1) is 0 Å².